The van der Waals surface area contributed by atoms with Crippen LogP contribution in [0.5, 0.6) is 28.7 Å². The van der Waals surface area contributed by atoms with Gasteiger partial charge in [0.1, 0.15) is 17.2 Å². The summed E-state index contributed by atoms with van der Waals surface area (Å²) in [7, 11) is 1.45. The Morgan fingerprint density at radius 1 is 0.818 bits per heavy atom. The van der Waals surface area contributed by atoms with Crippen molar-refractivity contribution >= 4 is 41.3 Å². The van der Waals surface area contributed by atoms with Crippen LogP contribution in [0, 0.1) is 0 Å². The molecule has 0 saturated heterocycles. The summed E-state index contributed by atoms with van der Waals surface area (Å²) in [6.45, 7) is 2.70. The number of carbonyl (C=O) groups is 2. The molecule has 0 aliphatic carbocycles. The third kappa shape index (κ3) is 9.65. The Morgan fingerprint density at radius 3 is 1.98 bits per heavy atom. The average molecular weight is 638 g/mol. The number of hydrazone groups is 1. The number of benzene rings is 4. The van der Waals surface area contributed by atoms with E-state index in [1.165, 1.54) is 13.3 Å². The lowest BCUT2D eigenvalue weighted by molar-refractivity contribution is -0.140. The Bertz CT molecular complexity index is 1510. The number of methoxy groups -OCH3 is 1. The third-order valence-corrected chi connectivity index (χ3v) is 6.47. The molecule has 1 N–H and O–H groups in total. The van der Waals surface area contributed by atoms with E-state index in [9.17, 15) is 9.59 Å². The summed E-state index contributed by atoms with van der Waals surface area (Å²) in [6, 6.07) is 24.5. The quantitative estimate of drug-likeness (QED) is 0.0386. The highest BCUT2D eigenvalue weighted by atomic mass is 35.5. The van der Waals surface area contributed by atoms with Gasteiger partial charge in [-0.15, -0.1) is 0 Å². The molecule has 4 aromatic rings. The highest BCUT2D eigenvalue weighted by molar-refractivity contribution is 6.30. The first-order chi connectivity index (χ1) is 21.3. The first-order valence-electron chi connectivity index (χ1n) is 13.6. The SMILES string of the molecule is CCCCOc1ccc(C(=O)Oc2ccc(/C=N/NC(=O)C(Oc3ccc(Cl)cc3)Oc3ccc(Cl)cc3)cc2OC)cc1. The molecule has 4 aromatic carbocycles. The smallest absolute Gasteiger partial charge is 0.343 e. The second-order valence-electron chi connectivity index (χ2n) is 9.24. The Hall–Kier alpha value is -4.73. The molecule has 0 aromatic heterocycles. The highest BCUT2D eigenvalue weighted by Gasteiger charge is 2.23. The van der Waals surface area contributed by atoms with Gasteiger partial charge < -0.3 is 23.7 Å². The molecular weight excluding hydrogens is 607 g/mol. The fraction of sp³-hybridized carbons (Fsp3) is 0.182. The minimum Gasteiger partial charge on any atom is -0.494 e. The van der Waals surface area contributed by atoms with Gasteiger partial charge in [-0.05, 0) is 103 Å². The normalized spacial score (nSPS) is 10.8. The lowest BCUT2D eigenvalue weighted by Gasteiger charge is -2.19. The van der Waals surface area contributed by atoms with Crippen molar-refractivity contribution < 1.29 is 33.3 Å². The Balaban J connectivity index is 1.39. The molecule has 0 bridgehead atoms. The topological polar surface area (TPSA) is 105 Å². The summed E-state index contributed by atoms with van der Waals surface area (Å²) >= 11 is 11.9. The van der Waals surface area contributed by atoms with Crippen molar-refractivity contribution in [3.63, 3.8) is 0 Å². The van der Waals surface area contributed by atoms with Crippen LogP contribution in [0.4, 0.5) is 0 Å². The zero-order valence-electron chi connectivity index (χ0n) is 24.0. The highest BCUT2D eigenvalue weighted by Crippen LogP contribution is 2.29. The number of esters is 1. The van der Waals surface area contributed by atoms with Crippen molar-refractivity contribution in [2.45, 2.75) is 26.1 Å². The van der Waals surface area contributed by atoms with Crippen LogP contribution >= 0.6 is 23.2 Å². The zero-order chi connectivity index (χ0) is 31.3. The van der Waals surface area contributed by atoms with Crippen molar-refractivity contribution in [2.24, 2.45) is 5.10 Å². The standard InChI is InChI=1S/C33H30Cl2N2O7/c1-3-4-19-41-26-12-6-23(7-13-26)32(39)44-29-18-5-22(20-30(29)40-2)21-36-37-31(38)33(42-27-14-8-24(34)9-15-27)43-28-16-10-25(35)11-17-28/h5-18,20-21,33H,3-4,19H2,1-2H3,(H,37,38)/b36-21+. The molecule has 0 heterocycles. The fourth-order valence-electron chi connectivity index (χ4n) is 3.66. The summed E-state index contributed by atoms with van der Waals surface area (Å²) in [5.41, 5.74) is 3.33. The van der Waals surface area contributed by atoms with Crippen LogP contribution in [-0.2, 0) is 4.79 Å². The second-order valence-corrected chi connectivity index (χ2v) is 10.1. The number of hydrogen-bond acceptors (Lipinski definition) is 8. The molecule has 0 aliphatic heterocycles. The van der Waals surface area contributed by atoms with Crippen molar-refractivity contribution in [1.82, 2.24) is 5.43 Å². The van der Waals surface area contributed by atoms with E-state index in [-0.39, 0.29) is 5.75 Å². The molecule has 0 unspecified atom stereocenters. The van der Waals surface area contributed by atoms with Crippen molar-refractivity contribution in [2.75, 3.05) is 13.7 Å². The molecule has 11 heteroatoms. The van der Waals surface area contributed by atoms with Crippen molar-refractivity contribution in [3.05, 3.63) is 112 Å². The molecule has 44 heavy (non-hydrogen) atoms. The van der Waals surface area contributed by atoms with Crippen LogP contribution in [0.3, 0.4) is 0 Å². The average Bonchev–Trinajstić information content (AvgIpc) is 3.03. The number of carbonyl (C=O) groups excluding carboxylic acids is 2. The number of hydrogen-bond donors (Lipinski definition) is 1. The summed E-state index contributed by atoms with van der Waals surface area (Å²) in [5, 5.41) is 5.05. The maximum Gasteiger partial charge on any atom is 0.343 e. The van der Waals surface area contributed by atoms with Gasteiger partial charge in [0.15, 0.2) is 11.5 Å². The molecule has 0 saturated carbocycles. The molecule has 9 nitrogen and oxygen atoms in total. The number of nitrogens with one attached hydrogen (secondary N) is 1. The Morgan fingerprint density at radius 2 is 1.41 bits per heavy atom. The van der Waals surface area contributed by atoms with E-state index in [1.54, 1.807) is 91.0 Å². The van der Waals surface area contributed by atoms with Gasteiger partial charge in [-0.2, -0.15) is 5.10 Å². The largest absolute Gasteiger partial charge is 0.494 e. The maximum atomic E-state index is 13.0. The Kier molecular flexibility index (Phi) is 11.9. The van der Waals surface area contributed by atoms with Gasteiger partial charge in [0.05, 0.1) is 25.5 Å². The van der Waals surface area contributed by atoms with Crippen molar-refractivity contribution in [1.29, 1.82) is 0 Å². The first kappa shape index (κ1) is 32.2. The van der Waals surface area contributed by atoms with Crippen LogP contribution in [-0.4, -0.2) is 38.1 Å². The molecule has 0 spiro atoms. The molecular formula is C33H30Cl2N2O7. The molecule has 0 fully saturated rings. The summed E-state index contributed by atoms with van der Waals surface area (Å²) in [6.07, 6.45) is 1.99. The minimum absolute atomic E-state index is 0.217. The molecule has 228 valence electrons. The van der Waals surface area contributed by atoms with Gasteiger partial charge in [-0.25, -0.2) is 10.2 Å². The van der Waals surface area contributed by atoms with E-state index >= 15 is 0 Å². The molecule has 4 rings (SSSR count). The number of ether oxygens (including phenoxy) is 5. The summed E-state index contributed by atoms with van der Waals surface area (Å²) in [5.74, 6) is 0.688. The van der Waals surface area contributed by atoms with Crippen LogP contribution < -0.4 is 29.1 Å². The van der Waals surface area contributed by atoms with Gasteiger partial charge in [0, 0.05) is 10.0 Å². The lowest BCUT2D eigenvalue weighted by Crippen LogP contribution is -2.40. The van der Waals surface area contributed by atoms with Gasteiger partial charge >= 0.3 is 18.2 Å². The van der Waals surface area contributed by atoms with E-state index in [0.717, 1.165) is 12.8 Å². The van der Waals surface area contributed by atoms with E-state index < -0.39 is 18.2 Å². The molecule has 0 atom stereocenters. The van der Waals surface area contributed by atoms with Crippen molar-refractivity contribution in [3.8, 4) is 28.7 Å². The monoisotopic (exact) mass is 636 g/mol. The number of unbranched alkanes of at least 4 members (excludes halogenated alkanes) is 1. The lowest BCUT2D eigenvalue weighted by atomic mass is 10.2. The number of rotatable bonds is 14. The van der Waals surface area contributed by atoms with Gasteiger partial charge in [-0.1, -0.05) is 36.5 Å². The predicted octanol–water partition coefficient (Wildman–Crippen LogP) is 7.33. The number of nitrogens with zero attached hydrogens (tertiary/aromatic N) is 1. The van der Waals surface area contributed by atoms with Gasteiger partial charge in [0.25, 0.3) is 0 Å². The summed E-state index contributed by atoms with van der Waals surface area (Å²) < 4.78 is 28.1. The zero-order valence-corrected chi connectivity index (χ0v) is 25.5. The number of amides is 1. The van der Waals surface area contributed by atoms with Crippen LogP contribution in [0.25, 0.3) is 0 Å². The molecule has 1 amide bonds. The van der Waals surface area contributed by atoms with Gasteiger partial charge in [0.2, 0.25) is 0 Å². The number of halogens is 2. The van der Waals surface area contributed by atoms with E-state index in [1.807, 2.05) is 0 Å². The maximum absolute atomic E-state index is 13.0. The van der Waals surface area contributed by atoms with E-state index in [4.69, 9.17) is 46.9 Å². The minimum atomic E-state index is -1.39. The molecule has 0 aliphatic rings. The predicted molar refractivity (Wildman–Crippen MR) is 168 cm³/mol. The van der Waals surface area contributed by atoms with Crippen LogP contribution in [0.2, 0.25) is 10.0 Å². The Labute approximate surface area is 265 Å². The first-order valence-corrected chi connectivity index (χ1v) is 14.4. The van der Waals surface area contributed by atoms with Crippen LogP contribution in [0.15, 0.2) is 96.1 Å². The summed E-state index contributed by atoms with van der Waals surface area (Å²) in [4.78, 5) is 25.7. The molecule has 0 radical (unpaired) electrons. The fourth-order valence-corrected chi connectivity index (χ4v) is 3.91. The van der Waals surface area contributed by atoms with Gasteiger partial charge in [-0.3, -0.25) is 4.79 Å². The van der Waals surface area contributed by atoms with E-state index in [2.05, 4.69) is 17.5 Å². The van der Waals surface area contributed by atoms with Crippen LogP contribution in [0.1, 0.15) is 35.7 Å². The van der Waals surface area contributed by atoms with E-state index in [0.29, 0.717) is 50.8 Å². The second kappa shape index (κ2) is 16.2. The third-order valence-electron chi connectivity index (χ3n) is 5.96.